The zero-order chi connectivity index (χ0) is 15.1. The van der Waals surface area contributed by atoms with E-state index in [2.05, 4.69) is 14.7 Å². The van der Waals surface area contributed by atoms with Gasteiger partial charge in [0.15, 0.2) is 5.82 Å². The molecule has 1 N–H and O–H groups in total. The first kappa shape index (κ1) is 15.6. The number of rotatable bonds is 7. The van der Waals surface area contributed by atoms with Gasteiger partial charge >= 0.3 is 0 Å². The van der Waals surface area contributed by atoms with Crippen LogP contribution in [-0.2, 0) is 16.4 Å². The Bertz CT molecular complexity index is 655. The van der Waals surface area contributed by atoms with Crippen LogP contribution in [-0.4, -0.2) is 30.7 Å². The number of nitrogens with zero attached hydrogens (tertiary/aromatic N) is 2. The minimum Gasteiger partial charge on any atom is -0.236 e. The highest BCUT2D eigenvalue weighted by Crippen LogP contribution is 2.13. The van der Waals surface area contributed by atoms with Crippen LogP contribution in [0.5, 0.6) is 0 Å². The molecule has 0 atom stereocenters. The van der Waals surface area contributed by atoms with E-state index in [0.717, 1.165) is 11.1 Å². The van der Waals surface area contributed by atoms with Gasteiger partial charge in [-0.3, -0.25) is 0 Å². The van der Waals surface area contributed by atoms with Crippen molar-refractivity contribution in [2.24, 2.45) is 0 Å². The second kappa shape index (κ2) is 7.28. The van der Waals surface area contributed by atoms with Crippen LogP contribution < -0.4 is 4.72 Å². The molecule has 0 spiro atoms. The highest BCUT2D eigenvalue weighted by atomic mass is 32.2. The molecule has 1 aromatic carbocycles. The Morgan fingerprint density at radius 3 is 2.38 bits per heavy atom. The maximum absolute atomic E-state index is 11.5. The molecule has 0 aliphatic carbocycles. The molecule has 0 unspecified atom stereocenters. The predicted molar refractivity (Wildman–Crippen MR) is 83.3 cm³/mol. The highest BCUT2D eigenvalue weighted by Gasteiger charge is 2.07. The van der Waals surface area contributed by atoms with E-state index in [1.54, 1.807) is 12.4 Å². The predicted octanol–water partition coefficient (Wildman–Crippen LogP) is 2.02. The molecular formula is C15H19N3O2S. The molecule has 0 fully saturated rings. The molecule has 0 amide bonds. The fourth-order valence-electron chi connectivity index (χ4n) is 1.91. The number of sulfonamides is 1. The molecule has 1 aromatic heterocycles. The largest absolute Gasteiger partial charge is 0.236 e. The van der Waals surface area contributed by atoms with E-state index < -0.39 is 10.0 Å². The molecule has 0 aliphatic rings. The molecular weight excluding hydrogens is 286 g/mol. The van der Waals surface area contributed by atoms with Gasteiger partial charge in [0, 0.05) is 24.5 Å². The van der Waals surface area contributed by atoms with Gasteiger partial charge in [-0.15, -0.1) is 0 Å². The summed E-state index contributed by atoms with van der Waals surface area (Å²) in [5.74, 6) is 0.835. The summed E-state index contributed by atoms with van der Waals surface area (Å²) in [4.78, 5) is 8.62. The molecule has 1 heterocycles. The lowest BCUT2D eigenvalue weighted by Gasteiger charge is -2.06. The maximum Gasteiger partial charge on any atom is 0.211 e. The smallest absolute Gasteiger partial charge is 0.211 e. The van der Waals surface area contributed by atoms with Gasteiger partial charge in [0.05, 0.1) is 5.75 Å². The molecule has 2 aromatic rings. The standard InChI is InChI=1S/C15H19N3O2S/c1-2-10-21(19,20)18-9-8-13-11-16-15(17-12-13)14-6-4-3-5-7-14/h3-7,11-12,18H,2,8-10H2,1H3. The minimum absolute atomic E-state index is 0.163. The van der Waals surface area contributed by atoms with Crippen molar-refractivity contribution in [3.8, 4) is 11.4 Å². The van der Waals surface area contributed by atoms with Crippen molar-refractivity contribution in [1.82, 2.24) is 14.7 Å². The lowest BCUT2D eigenvalue weighted by molar-refractivity contribution is 0.580. The summed E-state index contributed by atoms with van der Waals surface area (Å²) in [5, 5.41) is 0. The van der Waals surface area contributed by atoms with E-state index in [9.17, 15) is 8.42 Å². The lowest BCUT2D eigenvalue weighted by Crippen LogP contribution is -2.28. The van der Waals surface area contributed by atoms with Crippen molar-refractivity contribution in [3.63, 3.8) is 0 Å². The quantitative estimate of drug-likeness (QED) is 0.849. The molecule has 5 nitrogen and oxygen atoms in total. The second-order valence-corrected chi connectivity index (χ2v) is 6.67. The first-order valence-corrected chi connectivity index (χ1v) is 8.59. The van der Waals surface area contributed by atoms with Gasteiger partial charge in [0.25, 0.3) is 0 Å². The minimum atomic E-state index is -3.14. The average Bonchev–Trinajstić information content (AvgIpc) is 2.48. The molecule has 2 rings (SSSR count). The molecule has 6 heteroatoms. The third kappa shape index (κ3) is 4.91. The Balaban J connectivity index is 1.92. The van der Waals surface area contributed by atoms with Crippen LogP contribution in [0, 0.1) is 0 Å². The summed E-state index contributed by atoms with van der Waals surface area (Å²) in [6.07, 6.45) is 4.68. The molecule has 0 bridgehead atoms. The number of hydrogen-bond acceptors (Lipinski definition) is 4. The summed E-state index contributed by atoms with van der Waals surface area (Å²) in [6, 6.07) is 9.73. The zero-order valence-corrected chi connectivity index (χ0v) is 12.8. The number of hydrogen-bond donors (Lipinski definition) is 1. The van der Waals surface area contributed by atoms with E-state index in [0.29, 0.717) is 25.2 Å². The fraction of sp³-hybridized carbons (Fsp3) is 0.333. The number of benzene rings is 1. The van der Waals surface area contributed by atoms with Gasteiger partial charge in [0.2, 0.25) is 10.0 Å². The Morgan fingerprint density at radius 2 is 1.76 bits per heavy atom. The van der Waals surface area contributed by atoms with Gasteiger partial charge in [-0.2, -0.15) is 0 Å². The van der Waals surface area contributed by atoms with Crippen LogP contribution in [0.25, 0.3) is 11.4 Å². The monoisotopic (exact) mass is 305 g/mol. The molecule has 21 heavy (non-hydrogen) atoms. The summed E-state index contributed by atoms with van der Waals surface area (Å²) in [5.41, 5.74) is 1.88. The van der Waals surface area contributed by atoms with Crippen LogP contribution in [0.4, 0.5) is 0 Å². The number of aromatic nitrogens is 2. The third-order valence-electron chi connectivity index (χ3n) is 2.95. The van der Waals surface area contributed by atoms with E-state index in [1.165, 1.54) is 0 Å². The van der Waals surface area contributed by atoms with Gasteiger partial charge < -0.3 is 0 Å². The van der Waals surface area contributed by atoms with Crippen LogP contribution in [0.2, 0.25) is 0 Å². The maximum atomic E-state index is 11.5. The van der Waals surface area contributed by atoms with Crippen molar-refractivity contribution in [3.05, 3.63) is 48.3 Å². The van der Waals surface area contributed by atoms with E-state index >= 15 is 0 Å². The van der Waals surface area contributed by atoms with Gasteiger partial charge in [-0.05, 0) is 18.4 Å². The topological polar surface area (TPSA) is 72.0 Å². The first-order valence-electron chi connectivity index (χ1n) is 6.94. The van der Waals surface area contributed by atoms with Crippen LogP contribution in [0.15, 0.2) is 42.7 Å². The average molecular weight is 305 g/mol. The SMILES string of the molecule is CCCS(=O)(=O)NCCc1cnc(-c2ccccc2)nc1. The fourth-order valence-corrected chi connectivity index (χ4v) is 3.01. The van der Waals surface area contributed by atoms with Gasteiger partial charge in [0.1, 0.15) is 0 Å². The van der Waals surface area contributed by atoms with E-state index in [-0.39, 0.29) is 5.75 Å². The normalized spacial score (nSPS) is 11.5. The highest BCUT2D eigenvalue weighted by molar-refractivity contribution is 7.89. The van der Waals surface area contributed by atoms with E-state index in [4.69, 9.17) is 0 Å². The van der Waals surface area contributed by atoms with E-state index in [1.807, 2.05) is 37.3 Å². The van der Waals surface area contributed by atoms with Crippen molar-refractivity contribution in [2.75, 3.05) is 12.3 Å². The Morgan fingerprint density at radius 1 is 1.10 bits per heavy atom. The Kier molecular flexibility index (Phi) is 5.41. The van der Waals surface area contributed by atoms with Crippen molar-refractivity contribution >= 4 is 10.0 Å². The molecule has 0 radical (unpaired) electrons. The molecule has 0 aliphatic heterocycles. The first-order chi connectivity index (χ1) is 10.1. The van der Waals surface area contributed by atoms with Crippen molar-refractivity contribution in [2.45, 2.75) is 19.8 Å². The van der Waals surface area contributed by atoms with Crippen LogP contribution >= 0.6 is 0 Å². The molecule has 0 saturated heterocycles. The Hall–Kier alpha value is -1.79. The Labute approximate surface area is 125 Å². The molecule has 112 valence electrons. The van der Waals surface area contributed by atoms with Crippen LogP contribution in [0.3, 0.4) is 0 Å². The second-order valence-electron chi connectivity index (χ2n) is 4.74. The lowest BCUT2D eigenvalue weighted by atomic mass is 10.2. The van der Waals surface area contributed by atoms with Crippen LogP contribution in [0.1, 0.15) is 18.9 Å². The van der Waals surface area contributed by atoms with Gasteiger partial charge in [-0.25, -0.2) is 23.1 Å². The zero-order valence-electron chi connectivity index (χ0n) is 12.0. The van der Waals surface area contributed by atoms with Crippen molar-refractivity contribution < 1.29 is 8.42 Å². The summed E-state index contributed by atoms with van der Waals surface area (Å²) >= 11 is 0. The summed E-state index contributed by atoms with van der Waals surface area (Å²) in [7, 11) is -3.14. The van der Waals surface area contributed by atoms with Gasteiger partial charge in [-0.1, -0.05) is 37.3 Å². The summed E-state index contributed by atoms with van der Waals surface area (Å²) in [6.45, 7) is 2.21. The third-order valence-corrected chi connectivity index (χ3v) is 4.54. The summed E-state index contributed by atoms with van der Waals surface area (Å²) < 4.78 is 25.6. The molecule has 0 saturated carbocycles. The van der Waals surface area contributed by atoms with Crippen molar-refractivity contribution in [1.29, 1.82) is 0 Å². The number of nitrogens with one attached hydrogen (secondary N) is 1.